The summed E-state index contributed by atoms with van der Waals surface area (Å²) in [6, 6.07) is 18.5. The Bertz CT molecular complexity index is 1460. The van der Waals surface area contributed by atoms with Crippen molar-refractivity contribution >= 4 is 27.6 Å². The average Bonchev–Trinajstić information content (AvgIpc) is 3.45. The maximum atomic E-state index is 11.3. The summed E-state index contributed by atoms with van der Waals surface area (Å²) in [5.41, 5.74) is 7.09. The van der Waals surface area contributed by atoms with Crippen molar-refractivity contribution in [1.29, 1.82) is 0 Å². The van der Waals surface area contributed by atoms with E-state index in [1.165, 1.54) is 22.9 Å². The van der Waals surface area contributed by atoms with Crippen molar-refractivity contribution in [3.05, 3.63) is 76.9 Å². The Balaban J connectivity index is 1.29. The zero-order chi connectivity index (χ0) is 26.9. The highest BCUT2D eigenvalue weighted by molar-refractivity contribution is 7.99. The van der Waals surface area contributed by atoms with Crippen LogP contribution in [0.15, 0.2) is 59.5 Å². The lowest BCUT2D eigenvalue weighted by Gasteiger charge is -2.17. The lowest BCUT2D eigenvalue weighted by Crippen LogP contribution is -2.08. The molecule has 0 bridgehead atoms. The van der Waals surface area contributed by atoms with E-state index >= 15 is 0 Å². The molecule has 1 aliphatic carbocycles. The SMILES string of the molecule is Cc1cc(OCCCS(C)(=O)=O)ccc1-c1cccc2c1CCC2Oc1ccc2c(c1)SCC2CC(=O)O. The predicted molar refractivity (Wildman–Crippen MR) is 150 cm³/mol. The van der Waals surface area contributed by atoms with Gasteiger partial charge in [-0.1, -0.05) is 30.3 Å². The molecule has 2 unspecified atom stereocenters. The molecule has 0 aromatic heterocycles. The molecule has 0 spiro atoms. The molecule has 8 heteroatoms. The number of ether oxygens (including phenoxy) is 2. The van der Waals surface area contributed by atoms with Crippen LogP contribution in [0.25, 0.3) is 11.1 Å². The van der Waals surface area contributed by atoms with Gasteiger partial charge in [0.2, 0.25) is 0 Å². The minimum absolute atomic E-state index is 0.0259. The summed E-state index contributed by atoms with van der Waals surface area (Å²) in [6.45, 7) is 2.44. The molecule has 0 saturated heterocycles. The Labute approximate surface area is 228 Å². The summed E-state index contributed by atoms with van der Waals surface area (Å²) >= 11 is 1.70. The number of sulfone groups is 1. The Hall–Kier alpha value is -2.97. The molecule has 0 fully saturated rings. The van der Waals surface area contributed by atoms with Crippen molar-refractivity contribution in [1.82, 2.24) is 0 Å². The average molecular weight is 553 g/mol. The molecule has 0 saturated carbocycles. The van der Waals surface area contributed by atoms with Gasteiger partial charge in [0.25, 0.3) is 0 Å². The fourth-order valence-corrected chi connectivity index (χ4v) is 7.33. The molecule has 38 heavy (non-hydrogen) atoms. The van der Waals surface area contributed by atoms with Crippen LogP contribution in [-0.4, -0.2) is 43.9 Å². The Morgan fingerprint density at radius 1 is 1.05 bits per heavy atom. The molecule has 1 N–H and O–H groups in total. The summed E-state index contributed by atoms with van der Waals surface area (Å²) in [5, 5.41) is 9.18. The topological polar surface area (TPSA) is 89.9 Å². The van der Waals surface area contributed by atoms with E-state index in [1.54, 1.807) is 11.8 Å². The van der Waals surface area contributed by atoms with E-state index in [1.807, 2.05) is 24.3 Å². The van der Waals surface area contributed by atoms with Gasteiger partial charge < -0.3 is 14.6 Å². The van der Waals surface area contributed by atoms with Gasteiger partial charge in [0.05, 0.1) is 18.8 Å². The van der Waals surface area contributed by atoms with Crippen LogP contribution < -0.4 is 9.47 Å². The molecule has 200 valence electrons. The second-order valence-corrected chi connectivity index (χ2v) is 13.5. The third-order valence-corrected chi connectivity index (χ3v) is 9.46. The number of fused-ring (bicyclic) bond motifs is 2. The summed E-state index contributed by atoms with van der Waals surface area (Å²) in [4.78, 5) is 12.3. The zero-order valence-electron chi connectivity index (χ0n) is 21.6. The molecule has 1 aliphatic heterocycles. The second kappa shape index (κ2) is 11.0. The van der Waals surface area contributed by atoms with Crippen LogP contribution in [0.2, 0.25) is 0 Å². The molecule has 1 heterocycles. The van der Waals surface area contributed by atoms with Crippen LogP contribution in [0, 0.1) is 6.92 Å². The van der Waals surface area contributed by atoms with Crippen LogP contribution in [-0.2, 0) is 21.1 Å². The van der Waals surface area contributed by atoms with Gasteiger partial charge >= 0.3 is 5.97 Å². The standard InChI is InChI=1S/C30H32O6S2/c1-19-15-21(35-13-4-14-38(2,33)34)7-9-23(19)25-5-3-6-27-26(25)11-12-28(27)36-22-8-10-24-20(16-30(31)32)18-37-29(24)17-22/h3,5-10,15,17,20,28H,4,11-14,16,18H2,1-2H3,(H,31,32). The maximum absolute atomic E-state index is 11.3. The van der Waals surface area contributed by atoms with Gasteiger partial charge in [-0.15, -0.1) is 11.8 Å². The number of hydrogen-bond donors (Lipinski definition) is 1. The van der Waals surface area contributed by atoms with Gasteiger partial charge in [0.1, 0.15) is 27.4 Å². The van der Waals surface area contributed by atoms with Crippen LogP contribution in [0.3, 0.4) is 0 Å². The molecule has 6 nitrogen and oxygen atoms in total. The van der Waals surface area contributed by atoms with E-state index < -0.39 is 15.8 Å². The fourth-order valence-electron chi connectivity index (χ4n) is 5.40. The van der Waals surface area contributed by atoms with Gasteiger partial charge in [-0.25, -0.2) is 8.42 Å². The summed E-state index contributed by atoms with van der Waals surface area (Å²) < 4.78 is 34.9. The van der Waals surface area contributed by atoms with Gasteiger partial charge in [-0.2, -0.15) is 0 Å². The van der Waals surface area contributed by atoms with Crippen molar-refractivity contribution in [2.45, 2.75) is 49.5 Å². The van der Waals surface area contributed by atoms with E-state index in [-0.39, 0.29) is 24.2 Å². The second-order valence-electron chi connectivity index (χ2n) is 10.1. The first-order valence-corrected chi connectivity index (χ1v) is 15.9. The number of hydrogen-bond acceptors (Lipinski definition) is 6. The lowest BCUT2D eigenvalue weighted by molar-refractivity contribution is -0.137. The normalized spacial score (nSPS) is 18.2. The van der Waals surface area contributed by atoms with Gasteiger partial charge in [0.15, 0.2) is 0 Å². The summed E-state index contributed by atoms with van der Waals surface area (Å²) in [7, 11) is -2.98. The quantitative estimate of drug-likeness (QED) is 0.299. The molecule has 2 aliphatic rings. The smallest absolute Gasteiger partial charge is 0.303 e. The molecule has 3 aromatic rings. The first-order valence-electron chi connectivity index (χ1n) is 12.9. The minimum Gasteiger partial charge on any atom is -0.494 e. The van der Waals surface area contributed by atoms with Crippen LogP contribution in [0.1, 0.15) is 53.5 Å². The van der Waals surface area contributed by atoms with Crippen molar-refractivity contribution in [2.24, 2.45) is 0 Å². The number of aliphatic carboxylic acids is 1. The largest absolute Gasteiger partial charge is 0.494 e. The van der Waals surface area contributed by atoms with Crippen LogP contribution in [0.5, 0.6) is 11.5 Å². The maximum Gasteiger partial charge on any atom is 0.303 e. The number of rotatable bonds is 10. The fraction of sp³-hybridized carbons (Fsp3) is 0.367. The Morgan fingerprint density at radius 2 is 1.87 bits per heavy atom. The summed E-state index contributed by atoms with van der Waals surface area (Å²) in [6.07, 6.45) is 3.68. The van der Waals surface area contributed by atoms with Crippen LogP contribution >= 0.6 is 11.8 Å². The third kappa shape index (κ3) is 6.02. The van der Waals surface area contributed by atoms with E-state index in [2.05, 4.69) is 37.3 Å². The zero-order valence-corrected chi connectivity index (χ0v) is 23.2. The number of aryl methyl sites for hydroxylation is 1. The number of carboxylic acid groups (broad SMARTS) is 1. The molecule has 2 atom stereocenters. The molecule has 0 amide bonds. The molecule has 5 rings (SSSR count). The predicted octanol–water partition coefficient (Wildman–Crippen LogP) is 6.21. The molecular weight excluding hydrogens is 520 g/mol. The first kappa shape index (κ1) is 26.6. The van der Waals surface area contributed by atoms with E-state index in [0.717, 1.165) is 51.7 Å². The molecule has 3 aromatic carbocycles. The minimum atomic E-state index is -2.98. The Morgan fingerprint density at radius 3 is 2.63 bits per heavy atom. The first-order chi connectivity index (χ1) is 18.2. The highest BCUT2D eigenvalue weighted by atomic mass is 32.2. The number of thioether (sulfide) groups is 1. The molecule has 0 radical (unpaired) electrons. The highest BCUT2D eigenvalue weighted by Gasteiger charge is 2.29. The third-order valence-electron chi connectivity index (χ3n) is 7.20. The molecular formula is C30H32O6S2. The van der Waals surface area contributed by atoms with E-state index in [9.17, 15) is 18.3 Å². The number of carbonyl (C=O) groups is 1. The lowest BCUT2D eigenvalue weighted by atomic mass is 9.93. The summed E-state index contributed by atoms with van der Waals surface area (Å²) in [5.74, 6) is 1.79. The van der Waals surface area contributed by atoms with E-state index in [0.29, 0.717) is 13.0 Å². The van der Waals surface area contributed by atoms with Crippen molar-refractivity contribution in [3.63, 3.8) is 0 Å². The van der Waals surface area contributed by atoms with Gasteiger partial charge in [-0.3, -0.25) is 4.79 Å². The van der Waals surface area contributed by atoms with Crippen molar-refractivity contribution < 1.29 is 27.8 Å². The van der Waals surface area contributed by atoms with Crippen LogP contribution in [0.4, 0.5) is 0 Å². The highest BCUT2D eigenvalue weighted by Crippen LogP contribution is 2.45. The number of carboxylic acids is 1. The number of benzene rings is 3. The Kier molecular flexibility index (Phi) is 7.73. The van der Waals surface area contributed by atoms with Crippen molar-refractivity contribution in [3.8, 4) is 22.6 Å². The van der Waals surface area contributed by atoms with E-state index in [4.69, 9.17) is 9.47 Å². The van der Waals surface area contributed by atoms with Crippen molar-refractivity contribution in [2.75, 3.05) is 24.4 Å². The van der Waals surface area contributed by atoms with Gasteiger partial charge in [0, 0.05) is 22.8 Å². The van der Waals surface area contributed by atoms with Gasteiger partial charge in [-0.05, 0) is 83.8 Å². The monoisotopic (exact) mass is 552 g/mol.